The molecule has 60 valence electrons. The molecule has 1 rings (SSSR count). The molecule has 1 aliphatic rings. The van der Waals surface area contributed by atoms with Gasteiger partial charge in [-0.2, -0.15) is 11.8 Å². The summed E-state index contributed by atoms with van der Waals surface area (Å²) in [5.41, 5.74) is 0. The van der Waals surface area contributed by atoms with Crippen molar-refractivity contribution in [1.82, 2.24) is 0 Å². The average Bonchev–Trinajstić information content (AvgIpc) is 1.94. The van der Waals surface area contributed by atoms with E-state index in [0.29, 0.717) is 5.92 Å². The van der Waals surface area contributed by atoms with Crippen molar-refractivity contribution in [3.8, 4) is 0 Å². The molecule has 1 fully saturated rings. The lowest BCUT2D eigenvalue weighted by Gasteiger charge is -2.26. The van der Waals surface area contributed by atoms with Crippen molar-refractivity contribution in [3.63, 3.8) is 0 Å². The molecule has 0 unspecified atom stereocenters. The van der Waals surface area contributed by atoms with Crippen LogP contribution < -0.4 is 0 Å². The maximum Gasteiger partial charge on any atom is 0.0584 e. The Kier molecular flexibility index (Phi) is 3.57. The minimum Gasteiger partial charge on any atom is -0.393 e. The minimum atomic E-state index is 0.00111. The molecule has 0 aliphatic carbocycles. The lowest BCUT2D eigenvalue weighted by molar-refractivity contribution is 0.107. The Hall–Kier alpha value is 0.310. The number of aliphatic hydroxyl groups is 1. The number of hydrogen-bond acceptors (Lipinski definition) is 2. The first kappa shape index (κ1) is 8.41. The molecule has 0 saturated carbocycles. The van der Waals surface area contributed by atoms with Gasteiger partial charge in [-0.1, -0.05) is 13.3 Å². The molecule has 0 spiro atoms. The van der Waals surface area contributed by atoms with Gasteiger partial charge in [0.25, 0.3) is 0 Å². The Morgan fingerprint density at radius 1 is 1.60 bits per heavy atom. The second-order valence-corrected chi connectivity index (χ2v) is 4.13. The van der Waals surface area contributed by atoms with E-state index >= 15 is 0 Å². The second kappa shape index (κ2) is 4.24. The lowest BCUT2D eigenvalue weighted by Crippen LogP contribution is -2.27. The highest BCUT2D eigenvalue weighted by Gasteiger charge is 2.21. The zero-order valence-corrected chi connectivity index (χ0v) is 7.36. The highest BCUT2D eigenvalue weighted by atomic mass is 32.2. The molecule has 10 heavy (non-hydrogen) atoms. The molecule has 0 aromatic heterocycles. The SMILES string of the molecule is CCC[C@@H]1CSCC[C@H]1O. The Bertz CT molecular complexity index is 93.3. The molecule has 1 saturated heterocycles. The molecule has 1 nitrogen and oxygen atoms in total. The van der Waals surface area contributed by atoms with Crippen molar-refractivity contribution in [2.24, 2.45) is 5.92 Å². The van der Waals surface area contributed by atoms with E-state index in [2.05, 4.69) is 6.92 Å². The summed E-state index contributed by atoms with van der Waals surface area (Å²) >= 11 is 1.99. The molecule has 2 heteroatoms. The average molecular weight is 160 g/mol. The number of aliphatic hydroxyl groups excluding tert-OH is 1. The summed E-state index contributed by atoms with van der Waals surface area (Å²) in [6, 6.07) is 0. The fourth-order valence-corrected chi connectivity index (χ4v) is 2.70. The van der Waals surface area contributed by atoms with Crippen LogP contribution in [-0.4, -0.2) is 22.7 Å². The Labute approximate surface area is 67.2 Å². The van der Waals surface area contributed by atoms with Crippen LogP contribution in [-0.2, 0) is 0 Å². The summed E-state index contributed by atoms with van der Waals surface area (Å²) in [5.74, 6) is 2.92. The Balaban J connectivity index is 2.25. The van der Waals surface area contributed by atoms with Crippen molar-refractivity contribution in [1.29, 1.82) is 0 Å². The van der Waals surface area contributed by atoms with E-state index in [4.69, 9.17) is 0 Å². The molecular formula is C8H16OS. The van der Waals surface area contributed by atoms with Gasteiger partial charge in [0.15, 0.2) is 0 Å². The van der Waals surface area contributed by atoms with E-state index < -0.39 is 0 Å². The van der Waals surface area contributed by atoms with Gasteiger partial charge < -0.3 is 5.11 Å². The van der Waals surface area contributed by atoms with Crippen LogP contribution in [0.3, 0.4) is 0 Å². The summed E-state index contributed by atoms with van der Waals surface area (Å²) in [6.07, 6.45) is 3.42. The van der Waals surface area contributed by atoms with E-state index in [9.17, 15) is 5.11 Å². The summed E-state index contributed by atoms with van der Waals surface area (Å²) in [7, 11) is 0. The highest BCUT2D eigenvalue weighted by molar-refractivity contribution is 7.99. The molecule has 2 atom stereocenters. The summed E-state index contributed by atoms with van der Waals surface area (Å²) in [6.45, 7) is 2.19. The van der Waals surface area contributed by atoms with E-state index in [1.165, 1.54) is 18.6 Å². The van der Waals surface area contributed by atoms with Crippen LogP contribution in [0.1, 0.15) is 26.2 Å². The van der Waals surface area contributed by atoms with Crippen molar-refractivity contribution in [2.45, 2.75) is 32.3 Å². The van der Waals surface area contributed by atoms with Gasteiger partial charge in [-0.3, -0.25) is 0 Å². The molecule has 1 aliphatic heterocycles. The maximum atomic E-state index is 9.49. The predicted octanol–water partition coefficient (Wildman–Crippen LogP) is 1.90. The lowest BCUT2D eigenvalue weighted by atomic mass is 9.97. The standard InChI is InChI=1S/C8H16OS/c1-2-3-7-6-10-5-4-8(7)9/h7-9H,2-6H2,1H3/t7-,8-/m1/s1. The zero-order chi connectivity index (χ0) is 7.40. The van der Waals surface area contributed by atoms with Gasteiger partial charge in [-0.15, -0.1) is 0 Å². The van der Waals surface area contributed by atoms with Gasteiger partial charge in [0.2, 0.25) is 0 Å². The van der Waals surface area contributed by atoms with Crippen LogP contribution in [0.2, 0.25) is 0 Å². The molecule has 0 amide bonds. The monoisotopic (exact) mass is 160 g/mol. The van der Waals surface area contributed by atoms with E-state index in [-0.39, 0.29) is 6.10 Å². The third-order valence-corrected chi connectivity index (χ3v) is 3.28. The Morgan fingerprint density at radius 2 is 2.40 bits per heavy atom. The van der Waals surface area contributed by atoms with Crippen molar-refractivity contribution < 1.29 is 5.11 Å². The molecule has 1 N–H and O–H groups in total. The van der Waals surface area contributed by atoms with Gasteiger partial charge in [-0.25, -0.2) is 0 Å². The fourth-order valence-electron chi connectivity index (χ4n) is 1.43. The first-order valence-corrected chi connectivity index (χ1v) is 5.26. The minimum absolute atomic E-state index is 0.00111. The highest BCUT2D eigenvalue weighted by Crippen LogP contribution is 2.26. The van der Waals surface area contributed by atoms with Crippen LogP contribution in [0, 0.1) is 5.92 Å². The summed E-state index contributed by atoms with van der Waals surface area (Å²) in [5, 5.41) is 9.49. The van der Waals surface area contributed by atoms with Crippen LogP contribution in [0.4, 0.5) is 0 Å². The first-order valence-electron chi connectivity index (χ1n) is 4.10. The van der Waals surface area contributed by atoms with Crippen molar-refractivity contribution in [2.75, 3.05) is 11.5 Å². The normalized spacial score (nSPS) is 34.2. The van der Waals surface area contributed by atoms with Gasteiger partial charge >= 0.3 is 0 Å². The van der Waals surface area contributed by atoms with Gasteiger partial charge in [-0.05, 0) is 30.3 Å². The summed E-state index contributed by atoms with van der Waals surface area (Å²) in [4.78, 5) is 0. The van der Waals surface area contributed by atoms with Gasteiger partial charge in [0.1, 0.15) is 0 Å². The van der Waals surface area contributed by atoms with E-state index in [1.807, 2.05) is 11.8 Å². The van der Waals surface area contributed by atoms with Crippen LogP contribution in [0.25, 0.3) is 0 Å². The summed E-state index contributed by atoms with van der Waals surface area (Å²) < 4.78 is 0. The van der Waals surface area contributed by atoms with Gasteiger partial charge in [0.05, 0.1) is 6.10 Å². The number of hydrogen-bond donors (Lipinski definition) is 1. The molecule has 0 bridgehead atoms. The zero-order valence-electron chi connectivity index (χ0n) is 6.55. The van der Waals surface area contributed by atoms with Crippen LogP contribution >= 0.6 is 11.8 Å². The Morgan fingerprint density at radius 3 is 3.00 bits per heavy atom. The number of thioether (sulfide) groups is 1. The van der Waals surface area contributed by atoms with Crippen molar-refractivity contribution in [3.05, 3.63) is 0 Å². The molecule has 1 heterocycles. The first-order chi connectivity index (χ1) is 4.84. The largest absolute Gasteiger partial charge is 0.393 e. The van der Waals surface area contributed by atoms with E-state index in [0.717, 1.165) is 12.2 Å². The molecular weight excluding hydrogens is 144 g/mol. The third-order valence-electron chi connectivity index (χ3n) is 2.09. The third kappa shape index (κ3) is 2.17. The smallest absolute Gasteiger partial charge is 0.0584 e. The van der Waals surface area contributed by atoms with Crippen molar-refractivity contribution >= 4 is 11.8 Å². The second-order valence-electron chi connectivity index (χ2n) is 2.98. The van der Waals surface area contributed by atoms with E-state index in [1.54, 1.807) is 0 Å². The molecule has 0 radical (unpaired) electrons. The fraction of sp³-hybridized carbons (Fsp3) is 1.00. The van der Waals surface area contributed by atoms with Crippen LogP contribution in [0.5, 0.6) is 0 Å². The molecule has 0 aromatic rings. The van der Waals surface area contributed by atoms with Gasteiger partial charge in [0, 0.05) is 0 Å². The van der Waals surface area contributed by atoms with Crippen LogP contribution in [0.15, 0.2) is 0 Å². The predicted molar refractivity (Wildman–Crippen MR) is 46.3 cm³/mol. The topological polar surface area (TPSA) is 20.2 Å². The molecule has 0 aromatic carbocycles. The quantitative estimate of drug-likeness (QED) is 0.666. The maximum absolute atomic E-state index is 9.49. The number of rotatable bonds is 2.